The molecule has 0 radical (unpaired) electrons. The molecule has 0 aliphatic rings. The van der Waals surface area contributed by atoms with Gasteiger partial charge < -0.3 is 10.0 Å². The molecule has 0 saturated heterocycles. The summed E-state index contributed by atoms with van der Waals surface area (Å²) in [7, 11) is -1.42. The Kier molecular flexibility index (Phi) is 3.18. The molecule has 1 aromatic heterocycles. The van der Waals surface area contributed by atoms with Gasteiger partial charge in [-0.3, -0.25) is 0 Å². The third-order valence-electron chi connectivity index (χ3n) is 1.95. The highest BCUT2D eigenvalue weighted by Gasteiger charge is 2.18. The van der Waals surface area contributed by atoms with Gasteiger partial charge in [0.25, 0.3) is 0 Å². The van der Waals surface area contributed by atoms with Crippen LogP contribution in [0.1, 0.15) is 0 Å². The predicted octanol–water partition coefficient (Wildman–Crippen LogP) is 1.95. The molecule has 1 aromatic carbocycles. The summed E-state index contributed by atoms with van der Waals surface area (Å²) in [5.74, 6) is 0. The number of hydrogen-bond donors (Lipinski definition) is 2. The van der Waals surface area contributed by atoms with E-state index in [9.17, 15) is 10.0 Å². The van der Waals surface area contributed by atoms with Crippen LogP contribution in [0.4, 0.5) is 0 Å². The molecule has 0 saturated carbocycles. The average Bonchev–Trinajstić information content (AvgIpc) is 2.59. The molecule has 0 unspecified atom stereocenters. The Hall–Kier alpha value is 0.375. The largest absolute Gasteiger partial charge is 0.489 e. The van der Waals surface area contributed by atoms with Crippen molar-refractivity contribution in [3.63, 3.8) is 0 Å². The van der Waals surface area contributed by atoms with Crippen LogP contribution in [0.3, 0.4) is 0 Å². The zero-order valence-corrected chi connectivity index (χ0v) is 11.4. The van der Waals surface area contributed by atoms with E-state index < -0.39 is 7.12 Å². The second-order valence-electron chi connectivity index (χ2n) is 2.80. The van der Waals surface area contributed by atoms with E-state index in [2.05, 4.69) is 38.5 Å². The summed E-state index contributed by atoms with van der Waals surface area (Å²) in [6, 6.07) is 3.66. The molecule has 2 nitrogen and oxygen atoms in total. The van der Waals surface area contributed by atoms with Gasteiger partial charge in [0, 0.05) is 12.7 Å². The van der Waals surface area contributed by atoms with E-state index in [4.69, 9.17) is 0 Å². The van der Waals surface area contributed by atoms with Gasteiger partial charge in [0.2, 0.25) is 0 Å². The SMILES string of the molecule is OB(O)c1cc(Br)c(I)c2sccc12. The maximum absolute atomic E-state index is 9.19. The van der Waals surface area contributed by atoms with E-state index in [1.165, 1.54) is 0 Å². The molecule has 0 amide bonds. The fraction of sp³-hybridized carbons (Fsp3) is 0. The molecular formula is C8H5BBrIO2S. The van der Waals surface area contributed by atoms with Crippen molar-refractivity contribution in [2.75, 3.05) is 0 Å². The van der Waals surface area contributed by atoms with Crippen molar-refractivity contribution in [3.8, 4) is 0 Å². The lowest BCUT2D eigenvalue weighted by atomic mass is 9.78. The zero-order chi connectivity index (χ0) is 10.3. The van der Waals surface area contributed by atoms with E-state index in [-0.39, 0.29) is 0 Å². The molecule has 0 aliphatic carbocycles. The highest BCUT2D eigenvalue weighted by molar-refractivity contribution is 14.1. The van der Waals surface area contributed by atoms with Crippen molar-refractivity contribution in [2.45, 2.75) is 0 Å². The third-order valence-corrected chi connectivity index (χ3v) is 5.73. The van der Waals surface area contributed by atoms with Gasteiger partial charge in [-0.15, -0.1) is 11.3 Å². The Balaban J connectivity index is 2.84. The van der Waals surface area contributed by atoms with Gasteiger partial charge >= 0.3 is 7.12 Å². The van der Waals surface area contributed by atoms with E-state index in [1.54, 1.807) is 17.4 Å². The van der Waals surface area contributed by atoms with Crippen LogP contribution in [-0.4, -0.2) is 17.2 Å². The quantitative estimate of drug-likeness (QED) is 0.584. The van der Waals surface area contributed by atoms with Gasteiger partial charge in [0.15, 0.2) is 0 Å². The number of hydrogen-bond acceptors (Lipinski definition) is 3. The molecule has 72 valence electrons. The highest BCUT2D eigenvalue weighted by atomic mass is 127. The van der Waals surface area contributed by atoms with Crippen molar-refractivity contribution in [1.29, 1.82) is 0 Å². The topological polar surface area (TPSA) is 40.5 Å². The van der Waals surface area contributed by atoms with Gasteiger partial charge in [0.1, 0.15) is 0 Å². The minimum Gasteiger partial charge on any atom is -0.423 e. The second kappa shape index (κ2) is 4.09. The number of rotatable bonds is 1. The molecule has 2 aromatic rings. The molecule has 0 atom stereocenters. The van der Waals surface area contributed by atoms with E-state index in [1.807, 2.05) is 11.4 Å². The van der Waals surface area contributed by atoms with Crippen molar-refractivity contribution >= 4 is 72.5 Å². The minimum absolute atomic E-state index is 0.550. The van der Waals surface area contributed by atoms with Gasteiger partial charge in [-0.1, -0.05) is 0 Å². The Morgan fingerprint density at radius 2 is 2.14 bits per heavy atom. The van der Waals surface area contributed by atoms with Crippen LogP contribution in [0.2, 0.25) is 0 Å². The van der Waals surface area contributed by atoms with Crippen LogP contribution in [0.5, 0.6) is 0 Å². The van der Waals surface area contributed by atoms with Crippen molar-refractivity contribution in [1.82, 2.24) is 0 Å². The number of thiophene rings is 1. The lowest BCUT2D eigenvalue weighted by molar-refractivity contribution is 0.426. The molecule has 6 heteroatoms. The van der Waals surface area contributed by atoms with Crippen molar-refractivity contribution < 1.29 is 10.0 Å². The summed E-state index contributed by atoms with van der Waals surface area (Å²) < 4.78 is 3.09. The molecule has 0 aliphatic heterocycles. The summed E-state index contributed by atoms with van der Waals surface area (Å²) in [4.78, 5) is 0. The fourth-order valence-corrected chi connectivity index (χ4v) is 3.58. The lowest BCUT2D eigenvalue weighted by Gasteiger charge is -2.05. The summed E-state index contributed by atoms with van der Waals surface area (Å²) in [6.07, 6.45) is 0. The van der Waals surface area contributed by atoms with Crippen LogP contribution in [0.15, 0.2) is 22.0 Å². The first kappa shape index (κ1) is 10.9. The molecule has 0 spiro atoms. The first-order chi connectivity index (χ1) is 6.61. The maximum Gasteiger partial charge on any atom is 0.489 e. The highest BCUT2D eigenvalue weighted by Crippen LogP contribution is 2.30. The first-order valence-corrected chi connectivity index (χ1v) is 6.57. The Morgan fingerprint density at radius 3 is 2.79 bits per heavy atom. The molecule has 14 heavy (non-hydrogen) atoms. The third kappa shape index (κ3) is 1.74. The molecule has 1 heterocycles. The molecular weight excluding hydrogens is 378 g/mol. The number of benzene rings is 1. The summed E-state index contributed by atoms with van der Waals surface area (Å²) in [5.41, 5.74) is 0.550. The zero-order valence-electron chi connectivity index (χ0n) is 6.87. The van der Waals surface area contributed by atoms with Crippen LogP contribution in [-0.2, 0) is 0 Å². The van der Waals surface area contributed by atoms with Gasteiger partial charge in [-0.05, 0) is 66.9 Å². The van der Waals surface area contributed by atoms with Crippen molar-refractivity contribution in [2.24, 2.45) is 0 Å². The van der Waals surface area contributed by atoms with E-state index >= 15 is 0 Å². The summed E-state index contributed by atoms with van der Waals surface area (Å²) in [5, 5.41) is 21.2. The van der Waals surface area contributed by atoms with E-state index in [0.717, 1.165) is 18.1 Å². The Labute approximate surface area is 107 Å². The molecule has 0 fully saturated rings. The predicted molar refractivity (Wildman–Crippen MR) is 72.1 cm³/mol. The maximum atomic E-state index is 9.19. The normalized spacial score (nSPS) is 10.9. The molecule has 2 N–H and O–H groups in total. The monoisotopic (exact) mass is 382 g/mol. The van der Waals surface area contributed by atoms with Gasteiger partial charge in [-0.2, -0.15) is 0 Å². The second-order valence-corrected chi connectivity index (χ2v) is 5.65. The van der Waals surface area contributed by atoms with E-state index in [0.29, 0.717) is 5.46 Å². The Bertz CT molecular complexity index is 485. The van der Waals surface area contributed by atoms with Crippen LogP contribution < -0.4 is 5.46 Å². The molecule has 2 rings (SSSR count). The van der Waals surface area contributed by atoms with Crippen LogP contribution in [0, 0.1) is 3.57 Å². The fourth-order valence-electron chi connectivity index (χ4n) is 1.31. The summed E-state index contributed by atoms with van der Waals surface area (Å²) >= 11 is 7.24. The van der Waals surface area contributed by atoms with Crippen LogP contribution >= 0.6 is 49.9 Å². The van der Waals surface area contributed by atoms with Gasteiger partial charge in [0.05, 0.1) is 0 Å². The first-order valence-electron chi connectivity index (χ1n) is 3.82. The number of halogens is 2. The molecule has 0 bridgehead atoms. The smallest absolute Gasteiger partial charge is 0.423 e. The standard InChI is InChI=1S/C8H5BBrIO2S/c10-6-3-5(9(12)13)4-1-2-14-8(4)7(6)11/h1-3,12-13H. The lowest BCUT2D eigenvalue weighted by Crippen LogP contribution is -2.30. The number of fused-ring (bicyclic) bond motifs is 1. The van der Waals surface area contributed by atoms with Gasteiger partial charge in [-0.25, -0.2) is 0 Å². The Morgan fingerprint density at radius 1 is 1.43 bits per heavy atom. The minimum atomic E-state index is -1.42. The van der Waals surface area contributed by atoms with Crippen molar-refractivity contribution in [3.05, 3.63) is 25.6 Å². The average molecular weight is 383 g/mol. The summed E-state index contributed by atoms with van der Waals surface area (Å²) in [6.45, 7) is 0. The van der Waals surface area contributed by atoms with Crippen LogP contribution in [0.25, 0.3) is 10.1 Å².